The summed E-state index contributed by atoms with van der Waals surface area (Å²) < 4.78 is 0. The first-order chi connectivity index (χ1) is 12.2. The third-order valence-electron chi connectivity index (χ3n) is 5.66. The molecule has 1 aromatic heterocycles. The summed E-state index contributed by atoms with van der Waals surface area (Å²) in [7, 11) is 0. The second-order valence-electron chi connectivity index (χ2n) is 7.46. The van der Waals surface area contributed by atoms with E-state index in [1.165, 1.54) is 24.0 Å². The van der Waals surface area contributed by atoms with Gasteiger partial charge in [0.2, 0.25) is 5.91 Å². The number of pyridine rings is 1. The van der Waals surface area contributed by atoms with Crippen LogP contribution in [0.25, 0.3) is 11.1 Å². The molecule has 2 fully saturated rings. The molecule has 0 radical (unpaired) electrons. The summed E-state index contributed by atoms with van der Waals surface area (Å²) in [6, 6.07) is 14.9. The zero-order valence-corrected chi connectivity index (χ0v) is 14.9. The molecule has 2 aromatic rings. The van der Waals surface area contributed by atoms with E-state index in [0.29, 0.717) is 5.91 Å². The van der Waals surface area contributed by atoms with Crippen LogP contribution in [0.5, 0.6) is 0 Å². The molecule has 1 atom stereocenters. The number of carbonyl (C=O) groups is 1. The molecule has 0 spiro atoms. The molecule has 3 nitrogen and oxygen atoms in total. The number of carbonyl (C=O) groups excluding carboxylic acids is 1. The Labute approximate surface area is 150 Å². The number of aryl methyl sites for hydroxylation is 1. The number of aromatic nitrogens is 1. The lowest BCUT2D eigenvalue weighted by Crippen LogP contribution is -2.35. The third-order valence-corrected chi connectivity index (χ3v) is 5.66. The Morgan fingerprint density at radius 1 is 1.00 bits per heavy atom. The van der Waals surface area contributed by atoms with Gasteiger partial charge in [-0.05, 0) is 55.9 Å². The van der Waals surface area contributed by atoms with Gasteiger partial charge in [-0.15, -0.1) is 0 Å². The highest BCUT2D eigenvalue weighted by atomic mass is 16.2. The first kappa shape index (κ1) is 16.3. The van der Waals surface area contributed by atoms with Crippen molar-refractivity contribution in [2.45, 2.75) is 51.5 Å². The third kappa shape index (κ3) is 3.33. The van der Waals surface area contributed by atoms with Crippen LogP contribution in [0.4, 0.5) is 0 Å². The first-order valence-corrected chi connectivity index (χ1v) is 9.57. The maximum atomic E-state index is 13.0. The Bertz CT molecular complexity index is 750. The van der Waals surface area contributed by atoms with Crippen LogP contribution in [-0.4, -0.2) is 22.3 Å². The summed E-state index contributed by atoms with van der Waals surface area (Å²) in [6.45, 7) is 2.93. The second kappa shape index (κ2) is 6.99. The summed E-state index contributed by atoms with van der Waals surface area (Å²) in [5.41, 5.74) is 4.49. The minimum Gasteiger partial charge on any atom is -0.334 e. The molecule has 0 N–H and O–H groups in total. The number of likely N-dealkylation sites (tertiary alicyclic amines) is 1. The molecule has 0 bridgehead atoms. The maximum Gasteiger partial charge on any atom is 0.226 e. The normalized spacial score (nSPS) is 21.0. The van der Waals surface area contributed by atoms with E-state index >= 15 is 0 Å². The largest absolute Gasteiger partial charge is 0.334 e. The summed E-state index contributed by atoms with van der Waals surface area (Å²) in [4.78, 5) is 19.9. The molecule has 2 heterocycles. The summed E-state index contributed by atoms with van der Waals surface area (Å²) in [6.07, 6.45) is 6.66. The van der Waals surface area contributed by atoms with Crippen molar-refractivity contribution < 1.29 is 4.79 Å². The van der Waals surface area contributed by atoms with E-state index in [1.54, 1.807) is 0 Å². The van der Waals surface area contributed by atoms with Crippen molar-refractivity contribution in [2.24, 2.45) is 5.92 Å². The van der Waals surface area contributed by atoms with Crippen LogP contribution < -0.4 is 0 Å². The highest BCUT2D eigenvalue weighted by Gasteiger charge is 2.35. The Morgan fingerprint density at radius 2 is 1.76 bits per heavy atom. The van der Waals surface area contributed by atoms with Gasteiger partial charge in [-0.3, -0.25) is 9.78 Å². The molecular weight excluding hydrogens is 308 g/mol. The van der Waals surface area contributed by atoms with Gasteiger partial charge in [-0.1, -0.05) is 43.2 Å². The Kier molecular flexibility index (Phi) is 4.56. The quantitative estimate of drug-likeness (QED) is 0.799. The van der Waals surface area contributed by atoms with E-state index in [-0.39, 0.29) is 12.0 Å². The molecule has 4 rings (SSSR count). The van der Waals surface area contributed by atoms with Crippen LogP contribution in [-0.2, 0) is 4.79 Å². The zero-order valence-electron chi connectivity index (χ0n) is 14.9. The second-order valence-corrected chi connectivity index (χ2v) is 7.46. The molecule has 1 amide bonds. The van der Waals surface area contributed by atoms with E-state index in [1.807, 2.05) is 13.0 Å². The lowest BCUT2D eigenvalue weighted by Gasteiger charge is -2.27. The Morgan fingerprint density at radius 3 is 2.52 bits per heavy atom. The monoisotopic (exact) mass is 334 g/mol. The highest BCUT2D eigenvalue weighted by molar-refractivity contribution is 5.80. The molecule has 130 valence electrons. The van der Waals surface area contributed by atoms with Crippen molar-refractivity contribution in [2.75, 3.05) is 6.54 Å². The molecule has 1 aliphatic carbocycles. The Balaban J connectivity index is 1.64. The van der Waals surface area contributed by atoms with Crippen molar-refractivity contribution in [3.63, 3.8) is 0 Å². The highest BCUT2D eigenvalue weighted by Crippen LogP contribution is 2.36. The van der Waals surface area contributed by atoms with E-state index in [9.17, 15) is 4.79 Å². The molecule has 1 saturated heterocycles. The van der Waals surface area contributed by atoms with Crippen molar-refractivity contribution in [1.29, 1.82) is 0 Å². The van der Waals surface area contributed by atoms with Crippen LogP contribution in [0.2, 0.25) is 0 Å². The fourth-order valence-electron chi connectivity index (χ4n) is 4.41. The molecule has 25 heavy (non-hydrogen) atoms. The number of benzene rings is 1. The molecule has 1 aliphatic heterocycles. The fraction of sp³-hybridized carbons (Fsp3) is 0.455. The van der Waals surface area contributed by atoms with E-state index < -0.39 is 0 Å². The van der Waals surface area contributed by atoms with Gasteiger partial charge >= 0.3 is 0 Å². The Hall–Kier alpha value is -2.16. The molecule has 1 aromatic carbocycles. The summed E-state index contributed by atoms with van der Waals surface area (Å²) >= 11 is 0. The van der Waals surface area contributed by atoms with Gasteiger partial charge in [-0.2, -0.15) is 0 Å². The van der Waals surface area contributed by atoms with Crippen LogP contribution >= 0.6 is 0 Å². The first-order valence-electron chi connectivity index (χ1n) is 9.57. The minimum absolute atomic E-state index is 0.149. The molecular formula is C22H26N2O. The number of hydrogen-bond acceptors (Lipinski definition) is 2. The predicted octanol–water partition coefficient (Wildman–Crippen LogP) is 4.91. The SMILES string of the molecule is Cc1cc(-c2ccccc2)cc([C@@H]2CCCN2C(=O)C2CCCC2)n1. The standard InChI is InChI=1S/C22H26N2O/c1-16-14-19(17-8-3-2-4-9-17)15-20(23-16)21-12-7-13-24(21)22(25)18-10-5-6-11-18/h2-4,8-9,14-15,18,21H,5-7,10-13H2,1H3/t21-/m0/s1. The zero-order chi connectivity index (χ0) is 17.2. The van der Waals surface area contributed by atoms with Gasteiger partial charge in [0.15, 0.2) is 0 Å². The molecule has 1 saturated carbocycles. The smallest absolute Gasteiger partial charge is 0.226 e. The average Bonchev–Trinajstić information content (AvgIpc) is 3.33. The number of amides is 1. The van der Waals surface area contributed by atoms with Crippen molar-refractivity contribution in [3.05, 3.63) is 53.9 Å². The van der Waals surface area contributed by atoms with E-state index in [2.05, 4.69) is 41.3 Å². The van der Waals surface area contributed by atoms with Gasteiger partial charge in [-0.25, -0.2) is 0 Å². The van der Waals surface area contributed by atoms with E-state index in [4.69, 9.17) is 4.98 Å². The number of hydrogen-bond donors (Lipinski definition) is 0. The predicted molar refractivity (Wildman–Crippen MR) is 100 cm³/mol. The maximum absolute atomic E-state index is 13.0. The van der Waals surface area contributed by atoms with Crippen LogP contribution in [0.1, 0.15) is 56.0 Å². The van der Waals surface area contributed by atoms with Crippen molar-refractivity contribution >= 4 is 5.91 Å². The molecule has 3 heteroatoms. The van der Waals surface area contributed by atoms with Crippen molar-refractivity contribution in [3.8, 4) is 11.1 Å². The van der Waals surface area contributed by atoms with Gasteiger partial charge in [0, 0.05) is 18.2 Å². The topological polar surface area (TPSA) is 33.2 Å². The van der Waals surface area contributed by atoms with Gasteiger partial charge < -0.3 is 4.90 Å². The van der Waals surface area contributed by atoms with Crippen LogP contribution in [0.15, 0.2) is 42.5 Å². The molecule has 2 aliphatic rings. The number of rotatable bonds is 3. The summed E-state index contributed by atoms with van der Waals surface area (Å²) in [5.74, 6) is 0.614. The van der Waals surface area contributed by atoms with Crippen LogP contribution in [0, 0.1) is 12.8 Å². The van der Waals surface area contributed by atoms with Gasteiger partial charge in [0.1, 0.15) is 0 Å². The minimum atomic E-state index is 0.149. The molecule has 0 unspecified atom stereocenters. The van der Waals surface area contributed by atoms with Crippen LogP contribution in [0.3, 0.4) is 0 Å². The number of nitrogens with zero attached hydrogens (tertiary/aromatic N) is 2. The van der Waals surface area contributed by atoms with E-state index in [0.717, 1.165) is 43.6 Å². The van der Waals surface area contributed by atoms with Gasteiger partial charge in [0.25, 0.3) is 0 Å². The van der Waals surface area contributed by atoms with Gasteiger partial charge in [0.05, 0.1) is 11.7 Å². The fourth-order valence-corrected chi connectivity index (χ4v) is 4.41. The van der Waals surface area contributed by atoms with Crippen molar-refractivity contribution in [1.82, 2.24) is 9.88 Å². The lowest BCUT2D eigenvalue weighted by molar-refractivity contribution is -0.136. The average molecular weight is 334 g/mol. The lowest BCUT2D eigenvalue weighted by atomic mass is 10.0. The summed E-state index contributed by atoms with van der Waals surface area (Å²) in [5, 5.41) is 0.